The number of thiophene rings is 1. The molecule has 17 heavy (non-hydrogen) atoms. The number of likely N-dealkylation sites (tertiary alicyclic amines) is 1. The van der Waals surface area contributed by atoms with Crippen LogP contribution in [-0.4, -0.2) is 29.3 Å². The van der Waals surface area contributed by atoms with Gasteiger partial charge >= 0.3 is 0 Å². The normalized spacial score (nSPS) is 20.6. The second-order valence-corrected chi connectivity index (χ2v) is 6.93. The number of rotatable bonds is 3. The number of hydrogen-bond donors (Lipinski definition) is 0. The van der Waals surface area contributed by atoms with Gasteiger partial charge in [0.05, 0.1) is 9.35 Å². The van der Waals surface area contributed by atoms with E-state index in [4.69, 9.17) is 11.6 Å². The van der Waals surface area contributed by atoms with E-state index in [1.165, 1.54) is 6.42 Å². The fourth-order valence-corrected chi connectivity index (χ4v) is 3.66. The van der Waals surface area contributed by atoms with Gasteiger partial charge < -0.3 is 4.90 Å². The standard InChI is InChI=1S/C12H15BrClNOS/c13-11-7-9(8-17-11)12(16)15-6-2-1-3-10(15)4-5-14/h7-8,10H,1-6H2. The van der Waals surface area contributed by atoms with Crippen molar-refractivity contribution in [2.24, 2.45) is 0 Å². The number of halogens is 2. The molecule has 0 saturated carbocycles. The van der Waals surface area contributed by atoms with Crippen LogP contribution in [0.1, 0.15) is 36.0 Å². The average molecular weight is 337 g/mol. The van der Waals surface area contributed by atoms with E-state index in [-0.39, 0.29) is 5.91 Å². The zero-order valence-electron chi connectivity index (χ0n) is 9.49. The molecule has 2 heterocycles. The van der Waals surface area contributed by atoms with E-state index >= 15 is 0 Å². The molecule has 0 aromatic carbocycles. The maximum absolute atomic E-state index is 12.4. The van der Waals surface area contributed by atoms with Crippen molar-refractivity contribution in [3.8, 4) is 0 Å². The van der Waals surface area contributed by atoms with Crippen molar-refractivity contribution < 1.29 is 4.79 Å². The predicted octanol–water partition coefficient (Wildman–Crippen LogP) is 4.13. The molecule has 94 valence electrons. The van der Waals surface area contributed by atoms with Gasteiger partial charge in [0.2, 0.25) is 0 Å². The molecule has 0 spiro atoms. The lowest BCUT2D eigenvalue weighted by Gasteiger charge is -2.35. The van der Waals surface area contributed by atoms with Crippen molar-refractivity contribution in [3.63, 3.8) is 0 Å². The summed E-state index contributed by atoms with van der Waals surface area (Å²) in [6, 6.07) is 2.23. The summed E-state index contributed by atoms with van der Waals surface area (Å²) in [6.07, 6.45) is 4.30. The molecule has 1 unspecified atom stereocenters. The summed E-state index contributed by atoms with van der Waals surface area (Å²) in [4.78, 5) is 14.4. The summed E-state index contributed by atoms with van der Waals surface area (Å²) in [6.45, 7) is 0.869. The molecule has 2 nitrogen and oxygen atoms in total. The van der Waals surface area contributed by atoms with Crippen molar-refractivity contribution >= 4 is 44.8 Å². The van der Waals surface area contributed by atoms with E-state index in [0.717, 1.165) is 35.2 Å². The molecule has 0 bridgehead atoms. The van der Waals surface area contributed by atoms with E-state index in [1.807, 2.05) is 16.3 Å². The lowest BCUT2D eigenvalue weighted by Crippen LogP contribution is -2.43. The Morgan fingerprint density at radius 2 is 2.41 bits per heavy atom. The lowest BCUT2D eigenvalue weighted by atomic mass is 9.99. The molecule has 2 rings (SSSR count). The van der Waals surface area contributed by atoms with Crippen molar-refractivity contribution in [3.05, 3.63) is 20.8 Å². The van der Waals surface area contributed by atoms with Gasteiger partial charge in [-0.05, 0) is 47.7 Å². The van der Waals surface area contributed by atoms with Crippen molar-refractivity contribution in [2.45, 2.75) is 31.7 Å². The van der Waals surface area contributed by atoms with Gasteiger partial charge in [0, 0.05) is 23.8 Å². The van der Waals surface area contributed by atoms with E-state index in [2.05, 4.69) is 15.9 Å². The molecular weight excluding hydrogens is 322 g/mol. The third-order valence-electron chi connectivity index (χ3n) is 3.14. The molecule has 1 aliphatic heterocycles. The van der Waals surface area contributed by atoms with Gasteiger partial charge in [-0.25, -0.2) is 0 Å². The number of amides is 1. The summed E-state index contributed by atoms with van der Waals surface area (Å²) in [7, 11) is 0. The van der Waals surface area contributed by atoms with Gasteiger partial charge in [-0.15, -0.1) is 22.9 Å². The Kier molecular flexibility index (Phi) is 4.88. The first-order chi connectivity index (χ1) is 8.22. The minimum Gasteiger partial charge on any atom is -0.336 e. The smallest absolute Gasteiger partial charge is 0.254 e. The monoisotopic (exact) mass is 335 g/mol. The molecule has 1 fully saturated rings. The summed E-state index contributed by atoms with van der Waals surface area (Å²) in [5, 5.41) is 1.92. The fourth-order valence-electron chi connectivity index (χ4n) is 2.28. The Morgan fingerprint density at radius 3 is 3.06 bits per heavy atom. The third-order valence-corrected chi connectivity index (χ3v) is 4.87. The second kappa shape index (κ2) is 6.21. The molecule has 5 heteroatoms. The number of carbonyl (C=O) groups is 1. The van der Waals surface area contributed by atoms with Crippen LogP contribution >= 0.6 is 38.9 Å². The number of alkyl halides is 1. The first-order valence-electron chi connectivity index (χ1n) is 5.83. The van der Waals surface area contributed by atoms with Gasteiger partial charge in [0.15, 0.2) is 0 Å². The molecule has 1 aromatic rings. The van der Waals surface area contributed by atoms with Crippen molar-refractivity contribution in [2.75, 3.05) is 12.4 Å². The van der Waals surface area contributed by atoms with Crippen molar-refractivity contribution in [1.29, 1.82) is 0 Å². The Balaban J connectivity index is 2.10. The molecule has 0 radical (unpaired) electrons. The van der Waals surface area contributed by atoms with Crippen LogP contribution < -0.4 is 0 Å². The van der Waals surface area contributed by atoms with Crippen LogP contribution in [0.15, 0.2) is 15.2 Å². The Morgan fingerprint density at radius 1 is 1.59 bits per heavy atom. The summed E-state index contributed by atoms with van der Waals surface area (Å²) < 4.78 is 1.01. The van der Waals surface area contributed by atoms with Crippen LogP contribution in [0.4, 0.5) is 0 Å². The Labute approximate surface area is 119 Å². The minimum absolute atomic E-state index is 0.154. The maximum atomic E-state index is 12.4. The molecule has 0 N–H and O–H groups in total. The zero-order chi connectivity index (χ0) is 12.3. The van der Waals surface area contributed by atoms with Crippen LogP contribution in [0.5, 0.6) is 0 Å². The molecule has 0 aliphatic carbocycles. The summed E-state index contributed by atoms with van der Waals surface area (Å²) in [5.41, 5.74) is 0.795. The van der Waals surface area contributed by atoms with Gasteiger partial charge in [0.1, 0.15) is 0 Å². The van der Waals surface area contributed by atoms with Gasteiger partial charge in [-0.3, -0.25) is 4.79 Å². The molecule has 1 atom stereocenters. The highest BCUT2D eigenvalue weighted by Crippen LogP contribution is 2.26. The van der Waals surface area contributed by atoms with Crippen LogP contribution in [0.3, 0.4) is 0 Å². The highest BCUT2D eigenvalue weighted by Gasteiger charge is 2.27. The molecular formula is C12H15BrClNOS. The number of hydrogen-bond acceptors (Lipinski definition) is 2. The van der Waals surface area contributed by atoms with E-state index in [9.17, 15) is 4.79 Å². The number of nitrogens with zero attached hydrogens (tertiary/aromatic N) is 1. The molecule has 1 aliphatic rings. The molecule has 1 amide bonds. The number of carbonyl (C=O) groups excluding carboxylic acids is 1. The number of piperidine rings is 1. The molecule has 1 saturated heterocycles. The maximum Gasteiger partial charge on any atom is 0.254 e. The minimum atomic E-state index is 0.154. The topological polar surface area (TPSA) is 20.3 Å². The van der Waals surface area contributed by atoms with E-state index < -0.39 is 0 Å². The van der Waals surface area contributed by atoms with Crippen LogP contribution in [0, 0.1) is 0 Å². The predicted molar refractivity (Wildman–Crippen MR) is 76.0 cm³/mol. The Bertz CT molecular complexity index is 394. The van der Waals surface area contributed by atoms with Crippen molar-refractivity contribution in [1.82, 2.24) is 4.90 Å². The van der Waals surface area contributed by atoms with Gasteiger partial charge in [-0.2, -0.15) is 0 Å². The summed E-state index contributed by atoms with van der Waals surface area (Å²) >= 11 is 10.8. The quantitative estimate of drug-likeness (QED) is 0.760. The van der Waals surface area contributed by atoms with E-state index in [0.29, 0.717) is 11.9 Å². The largest absolute Gasteiger partial charge is 0.336 e. The Hall–Kier alpha value is -0.0600. The van der Waals surface area contributed by atoms with Crippen LogP contribution in [0.25, 0.3) is 0 Å². The third kappa shape index (κ3) is 3.24. The van der Waals surface area contributed by atoms with Gasteiger partial charge in [0.25, 0.3) is 5.91 Å². The van der Waals surface area contributed by atoms with Crippen LogP contribution in [0.2, 0.25) is 0 Å². The summed E-state index contributed by atoms with van der Waals surface area (Å²) in [5.74, 6) is 0.781. The fraction of sp³-hybridized carbons (Fsp3) is 0.583. The lowest BCUT2D eigenvalue weighted by molar-refractivity contribution is 0.0610. The highest BCUT2D eigenvalue weighted by atomic mass is 79.9. The van der Waals surface area contributed by atoms with Crippen LogP contribution in [-0.2, 0) is 0 Å². The second-order valence-electron chi connectivity index (χ2n) is 4.27. The first kappa shape index (κ1) is 13.4. The van der Waals surface area contributed by atoms with E-state index in [1.54, 1.807) is 11.3 Å². The zero-order valence-corrected chi connectivity index (χ0v) is 12.7. The highest BCUT2D eigenvalue weighted by molar-refractivity contribution is 9.11. The average Bonchev–Trinajstić information content (AvgIpc) is 2.76. The van der Waals surface area contributed by atoms with Gasteiger partial charge in [-0.1, -0.05) is 0 Å². The SMILES string of the molecule is O=C(c1csc(Br)c1)N1CCCCC1CCCl. The molecule has 1 aromatic heterocycles. The first-order valence-corrected chi connectivity index (χ1v) is 8.04.